The Labute approximate surface area is 165 Å². The summed E-state index contributed by atoms with van der Waals surface area (Å²) in [4.78, 5) is 12.2. The van der Waals surface area contributed by atoms with Crippen LogP contribution >= 0.6 is 0 Å². The first-order valence-corrected chi connectivity index (χ1v) is 9.79. The third-order valence-electron chi connectivity index (χ3n) is 4.89. The molecular weight excluding hydrogens is 352 g/mol. The normalized spacial score (nSPS) is 11.2. The van der Waals surface area contributed by atoms with Gasteiger partial charge in [-0.15, -0.1) is 0 Å². The minimum Gasteiger partial charge on any atom is -0.477 e. The molecule has 3 rings (SSSR count). The van der Waals surface area contributed by atoms with E-state index in [9.17, 15) is 9.90 Å². The third kappa shape index (κ3) is 4.61. The predicted molar refractivity (Wildman–Crippen MR) is 112 cm³/mol. The summed E-state index contributed by atoms with van der Waals surface area (Å²) in [5, 5.41) is 14.3. The zero-order valence-electron chi connectivity index (χ0n) is 16.6. The van der Waals surface area contributed by atoms with E-state index in [4.69, 9.17) is 4.74 Å². The van der Waals surface area contributed by atoms with Crippen LogP contribution in [0, 0.1) is 6.92 Å². The first kappa shape index (κ1) is 20.1. The molecule has 148 valence electrons. The van der Waals surface area contributed by atoms with E-state index in [-0.39, 0.29) is 0 Å². The van der Waals surface area contributed by atoms with Gasteiger partial charge >= 0.3 is 5.97 Å². The Morgan fingerprint density at radius 2 is 1.89 bits per heavy atom. The van der Waals surface area contributed by atoms with Gasteiger partial charge in [-0.3, -0.25) is 0 Å². The number of hydrogen-bond donors (Lipinski definition) is 2. The molecule has 1 heterocycles. The summed E-state index contributed by atoms with van der Waals surface area (Å²) in [5.41, 5.74) is 4.43. The number of nitrogens with one attached hydrogen (secondary N) is 1. The summed E-state index contributed by atoms with van der Waals surface area (Å²) < 4.78 is 7.27. The third-order valence-corrected chi connectivity index (χ3v) is 4.89. The molecule has 0 aliphatic carbocycles. The summed E-state index contributed by atoms with van der Waals surface area (Å²) in [7, 11) is 0. The zero-order valence-corrected chi connectivity index (χ0v) is 16.6. The number of aromatic nitrogens is 1. The highest BCUT2D eigenvalue weighted by Gasteiger charge is 2.22. The molecule has 0 fully saturated rings. The smallest absolute Gasteiger partial charge is 0.352 e. The Bertz CT molecular complexity index is 929. The molecule has 5 heteroatoms. The molecule has 0 aliphatic rings. The van der Waals surface area contributed by atoms with Gasteiger partial charge in [0.05, 0.1) is 0 Å². The first-order chi connectivity index (χ1) is 13.6. The Kier molecular flexibility index (Phi) is 6.85. The molecule has 0 spiro atoms. The Morgan fingerprint density at radius 3 is 2.61 bits per heavy atom. The number of aryl methyl sites for hydroxylation is 1. The van der Waals surface area contributed by atoms with Gasteiger partial charge in [-0.1, -0.05) is 48.0 Å². The van der Waals surface area contributed by atoms with Gasteiger partial charge in [0, 0.05) is 42.8 Å². The van der Waals surface area contributed by atoms with Gasteiger partial charge in [-0.2, -0.15) is 0 Å². The Balaban J connectivity index is 1.90. The van der Waals surface area contributed by atoms with Crippen molar-refractivity contribution in [2.45, 2.75) is 33.4 Å². The average molecular weight is 380 g/mol. The number of rotatable bonds is 10. The molecule has 28 heavy (non-hydrogen) atoms. The maximum Gasteiger partial charge on any atom is 0.352 e. The Hall–Kier alpha value is -2.63. The molecule has 0 amide bonds. The fourth-order valence-corrected chi connectivity index (χ4v) is 3.50. The maximum atomic E-state index is 12.2. The highest BCUT2D eigenvalue weighted by molar-refractivity contribution is 5.98. The highest BCUT2D eigenvalue weighted by Crippen LogP contribution is 2.27. The molecule has 0 bridgehead atoms. The van der Waals surface area contributed by atoms with E-state index in [2.05, 4.69) is 29.6 Å². The second-order valence-electron chi connectivity index (χ2n) is 6.95. The molecule has 5 nitrogen and oxygen atoms in total. The number of para-hydroxylation sites is 1. The summed E-state index contributed by atoms with van der Waals surface area (Å²) in [6.07, 6.45) is 0.901. The fourth-order valence-electron chi connectivity index (χ4n) is 3.50. The standard InChI is InChI=1S/C23H28N2O3/c1-3-28-14-6-13-24-15-20-19-7-4-5-8-21(19)25(22(20)23(26)27)16-18-11-9-17(2)10-12-18/h4-5,7-12,24H,3,6,13-16H2,1-2H3,(H,26,27). The van der Waals surface area contributed by atoms with Gasteiger partial charge < -0.3 is 19.7 Å². The molecule has 1 aromatic heterocycles. The van der Waals surface area contributed by atoms with Gasteiger partial charge in [0.2, 0.25) is 0 Å². The molecule has 0 atom stereocenters. The number of benzene rings is 2. The van der Waals surface area contributed by atoms with E-state index in [0.717, 1.165) is 41.6 Å². The predicted octanol–water partition coefficient (Wildman–Crippen LogP) is 4.21. The minimum absolute atomic E-state index is 0.360. The van der Waals surface area contributed by atoms with Gasteiger partial charge in [0.15, 0.2) is 0 Å². The zero-order chi connectivity index (χ0) is 19.9. The van der Waals surface area contributed by atoms with Crippen molar-refractivity contribution in [3.8, 4) is 0 Å². The summed E-state index contributed by atoms with van der Waals surface area (Å²) in [5.74, 6) is -0.894. The van der Waals surface area contributed by atoms with E-state index < -0.39 is 5.97 Å². The fraction of sp³-hybridized carbons (Fsp3) is 0.348. The quantitative estimate of drug-likeness (QED) is 0.517. The van der Waals surface area contributed by atoms with Crippen LogP contribution in [0.5, 0.6) is 0 Å². The van der Waals surface area contributed by atoms with Crippen molar-refractivity contribution < 1.29 is 14.6 Å². The van der Waals surface area contributed by atoms with E-state index in [1.807, 2.05) is 42.7 Å². The van der Waals surface area contributed by atoms with Crippen molar-refractivity contribution >= 4 is 16.9 Å². The number of aromatic carboxylic acids is 1. The molecule has 0 saturated carbocycles. The van der Waals surface area contributed by atoms with Crippen LogP contribution in [0.3, 0.4) is 0 Å². The van der Waals surface area contributed by atoms with Crippen LogP contribution in [0.15, 0.2) is 48.5 Å². The number of carboxylic acids is 1. The summed E-state index contributed by atoms with van der Waals surface area (Å²) in [6.45, 7) is 7.31. The monoisotopic (exact) mass is 380 g/mol. The number of ether oxygens (including phenoxy) is 1. The molecular formula is C23H28N2O3. The summed E-state index contributed by atoms with van der Waals surface area (Å²) in [6, 6.07) is 16.1. The largest absolute Gasteiger partial charge is 0.477 e. The van der Waals surface area contributed by atoms with Crippen molar-refractivity contribution in [1.29, 1.82) is 0 Å². The molecule has 2 N–H and O–H groups in total. The van der Waals surface area contributed by atoms with E-state index >= 15 is 0 Å². The van der Waals surface area contributed by atoms with Crippen LogP contribution in [-0.2, 0) is 17.8 Å². The second kappa shape index (κ2) is 9.53. The lowest BCUT2D eigenvalue weighted by Gasteiger charge is -2.10. The molecule has 2 aromatic carbocycles. The average Bonchev–Trinajstić information content (AvgIpc) is 3.00. The van der Waals surface area contributed by atoms with Crippen molar-refractivity contribution in [3.05, 3.63) is 70.9 Å². The van der Waals surface area contributed by atoms with Gasteiger partial charge in [-0.25, -0.2) is 4.79 Å². The molecule has 0 saturated heterocycles. The van der Waals surface area contributed by atoms with Crippen molar-refractivity contribution in [3.63, 3.8) is 0 Å². The number of nitrogens with zero attached hydrogens (tertiary/aromatic N) is 1. The molecule has 0 unspecified atom stereocenters. The van der Waals surface area contributed by atoms with Crippen molar-refractivity contribution in [1.82, 2.24) is 9.88 Å². The van der Waals surface area contributed by atoms with Gasteiger partial charge in [0.25, 0.3) is 0 Å². The molecule has 0 radical (unpaired) electrons. The van der Waals surface area contributed by atoms with Crippen LogP contribution in [0.25, 0.3) is 10.9 Å². The number of carboxylic acid groups (broad SMARTS) is 1. The van der Waals surface area contributed by atoms with E-state index in [0.29, 0.717) is 25.4 Å². The lowest BCUT2D eigenvalue weighted by atomic mass is 10.1. The highest BCUT2D eigenvalue weighted by atomic mass is 16.5. The number of carbonyl (C=O) groups is 1. The SMILES string of the molecule is CCOCCCNCc1c(C(=O)O)n(Cc2ccc(C)cc2)c2ccccc12. The van der Waals surface area contributed by atoms with Crippen LogP contribution in [0.4, 0.5) is 0 Å². The lowest BCUT2D eigenvalue weighted by Crippen LogP contribution is -2.19. The van der Waals surface area contributed by atoms with E-state index in [1.54, 1.807) is 0 Å². The maximum absolute atomic E-state index is 12.2. The van der Waals surface area contributed by atoms with Crippen LogP contribution in [-0.4, -0.2) is 35.4 Å². The second-order valence-corrected chi connectivity index (χ2v) is 6.95. The topological polar surface area (TPSA) is 63.5 Å². The molecule has 0 aliphatic heterocycles. The number of hydrogen-bond acceptors (Lipinski definition) is 3. The van der Waals surface area contributed by atoms with Crippen molar-refractivity contribution in [2.24, 2.45) is 0 Å². The van der Waals surface area contributed by atoms with Crippen molar-refractivity contribution in [2.75, 3.05) is 19.8 Å². The van der Waals surface area contributed by atoms with Gasteiger partial charge in [0.1, 0.15) is 5.69 Å². The first-order valence-electron chi connectivity index (χ1n) is 9.79. The minimum atomic E-state index is -0.894. The van der Waals surface area contributed by atoms with Crippen LogP contribution in [0.1, 0.15) is 40.5 Å². The lowest BCUT2D eigenvalue weighted by molar-refractivity contribution is 0.0684. The van der Waals surface area contributed by atoms with Crippen LogP contribution < -0.4 is 5.32 Å². The number of fused-ring (bicyclic) bond motifs is 1. The molecule has 3 aromatic rings. The van der Waals surface area contributed by atoms with Gasteiger partial charge in [-0.05, 0) is 38.4 Å². The summed E-state index contributed by atoms with van der Waals surface area (Å²) >= 11 is 0. The van der Waals surface area contributed by atoms with Crippen LogP contribution in [0.2, 0.25) is 0 Å². The Morgan fingerprint density at radius 1 is 1.14 bits per heavy atom. The van der Waals surface area contributed by atoms with E-state index in [1.165, 1.54) is 5.56 Å².